The van der Waals surface area contributed by atoms with Gasteiger partial charge in [0, 0.05) is 6.54 Å². The van der Waals surface area contributed by atoms with E-state index in [0.717, 1.165) is 19.3 Å². The Kier molecular flexibility index (Phi) is 3.97. The van der Waals surface area contributed by atoms with Gasteiger partial charge in [0.1, 0.15) is 5.82 Å². The molecule has 5 heteroatoms. The SMILES string of the molecule is CC1CCCC(O)(CNc2ncc(N)cc2Cl)C1. The number of nitrogens with zero attached hydrogens (tertiary/aromatic N) is 1. The first kappa shape index (κ1) is 13.4. The Morgan fingerprint density at radius 3 is 3.11 bits per heavy atom. The minimum absolute atomic E-state index is 0.480. The molecular weight excluding hydrogens is 250 g/mol. The Morgan fingerprint density at radius 2 is 2.44 bits per heavy atom. The highest BCUT2D eigenvalue weighted by Crippen LogP contribution is 2.32. The van der Waals surface area contributed by atoms with Crippen molar-refractivity contribution in [3.63, 3.8) is 0 Å². The third kappa shape index (κ3) is 3.27. The fourth-order valence-electron chi connectivity index (χ4n) is 2.62. The highest BCUT2D eigenvalue weighted by molar-refractivity contribution is 6.33. The molecule has 1 aliphatic rings. The van der Waals surface area contributed by atoms with Crippen LogP contribution in [0.15, 0.2) is 12.3 Å². The van der Waals surface area contributed by atoms with E-state index in [9.17, 15) is 5.11 Å². The average Bonchev–Trinajstić information content (AvgIpc) is 2.27. The van der Waals surface area contributed by atoms with Crippen molar-refractivity contribution in [3.8, 4) is 0 Å². The Balaban J connectivity index is 1.98. The highest BCUT2D eigenvalue weighted by atomic mass is 35.5. The van der Waals surface area contributed by atoms with Crippen LogP contribution in [-0.4, -0.2) is 22.2 Å². The first-order chi connectivity index (χ1) is 8.48. The summed E-state index contributed by atoms with van der Waals surface area (Å²) in [4.78, 5) is 4.13. The fourth-order valence-corrected chi connectivity index (χ4v) is 2.87. The first-order valence-corrected chi connectivity index (χ1v) is 6.74. The standard InChI is InChI=1S/C13H20ClN3O/c1-9-3-2-4-13(18,6-9)8-17-12-11(14)5-10(15)7-16-12/h5,7,9,18H,2-4,6,8,15H2,1H3,(H,16,17). The van der Waals surface area contributed by atoms with Crippen molar-refractivity contribution in [2.24, 2.45) is 5.92 Å². The average molecular weight is 270 g/mol. The quantitative estimate of drug-likeness (QED) is 0.789. The monoisotopic (exact) mass is 269 g/mol. The lowest BCUT2D eigenvalue weighted by Crippen LogP contribution is -2.41. The van der Waals surface area contributed by atoms with Crippen molar-refractivity contribution in [2.75, 3.05) is 17.6 Å². The number of pyridine rings is 1. The predicted octanol–water partition coefficient (Wildman–Crippen LogP) is 2.67. The second-order valence-electron chi connectivity index (χ2n) is 5.38. The molecule has 1 aromatic rings. The van der Waals surface area contributed by atoms with E-state index in [-0.39, 0.29) is 0 Å². The molecule has 0 aliphatic heterocycles. The molecule has 0 bridgehead atoms. The lowest BCUT2D eigenvalue weighted by molar-refractivity contribution is -0.000821. The summed E-state index contributed by atoms with van der Waals surface area (Å²) in [6.07, 6.45) is 5.48. The highest BCUT2D eigenvalue weighted by Gasteiger charge is 2.32. The zero-order valence-corrected chi connectivity index (χ0v) is 11.4. The Labute approximate surface area is 113 Å². The van der Waals surface area contributed by atoms with Crippen LogP contribution in [0.4, 0.5) is 11.5 Å². The zero-order chi connectivity index (χ0) is 13.2. The van der Waals surface area contributed by atoms with Crippen LogP contribution < -0.4 is 11.1 Å². The summed E-state index contributed by atoms with van der Waals surface area (Å²) in [5.41, 5.74) is 5.48. The molecule has 0 aromatic carbocycles. The van der Waals surface area contributed by atoms with Crippen molar-refractivity contribution in [2.45, 2.75) is 38.2 Å². The van der Waals surface area contributed by atoms with E-state index in [1.54, 1.807) is 12.3 Å². The largest absolute Gasteiger partial charge is 0.397 e. The van der Waals surface area contributed by atoms with Gasteiger partial charge in [0.2, 0.25) is 0 Å². The van der Waals surface area contributed by atoms with Gasteiger partial charge >= 0.3 is 0 Å². The molecule has 18 heavy (non-hydrogen) atoms. The van der Waals surface area contributed by atoms with Crippen LogP contribution in [0.2, 0.25) is 5.02 Å². The summed E-state index contributed by atoms with van der Waals surface area (Å²) in [7, 11) is 0. The molecule has 2 atom stereocenters. The summed E-state index contributed by atoms with van der Waals surface area (Å²) in [5.74, 6) is 1.15. The third-order valence-electron chi connectivity index (χ3n) is 3.51. The maximum Gasteiger partial charge on any atom is 0.145 e. The van der Waals surface area contributed by atoms with Crippen molar-refractivity contribution < 1.29 is 5.11 Å². The number of nitrogens with two attached hydrogens (primary N) is 1. The van der Waals surface area contributed by atoms with Gasteiger partial charge in [-0.1, -0.05) is 31.4 Å². The number of aliphatic hydroxyl groups is 1. The van der Waals surface area contributed by atoms with Crippen LogP contribution in [0.25, 0.3) is 0 Å². The first-order valence-electron chi connectivity index (χ1n) is 6.36. The second-order valence-corrected chi connectivity index (χ2v) is 5.79. The molecule has 2 unspecified atom stereocenters. The number of nitrogen functional groups attached to an aromatic ring is 1. The molecule has 100 valence electrons. The smallest absolute Gasteiger partial charge is 0.145 e. The van der Waals surface area contributed by atoms with Crippen molar-refractivity contribution in [1.29, 1.82) is 0 Å². The maximum atomic E-state index is 10.5. The van der Waals surface area contributed by atoms with Gasteiger partial charge in [-0.2, -0.15) is 0 Å². The van der Waals surface area contributed by atoms with Gasteiger partial charge in [0.15, 0.2) is 0 Å². The molecule has 1 aliphatic carbocycles. The normalized spacial score (nSPS) is 28.1. The molecule has 1 saturated carbocycles. The molecule has 4 N–H and O–H groups in total. The number of halogens is 1. The minimum Gasteiger partial charge on any atom is -0.397 e. The molecular formula is C13H20ClN3O. The second kappa shape index (κ2) is 5.33. The van der Waals surface area contributed by atoms with Gasteiger partial charge in [-0.05, 0) is 24.8 Å². The van der Waals surface area contributed by atoms with Gasteiger partial charge in [0.25, 0.3) is 0 Å². The van der Waals surface area contributed by atoms with E-state index >= 15 is 0 Å². The van der Waals surface area contributed by atoms with Gasteiger partial charge in [-0.3, -0.25) is 0 Å². The number of hydrogen-bond donors (Lipinski definition) is 3. The van der Waals surface area contributed by atoms with Crippen LogP contribution >= 0.6 is 11.6 Å². The van der Waals surface area contributed by atoms with Crippen LogP contribution in [0.5, 0.6) is 0 Å². The van der Waals surface area contributed by atoms with E-state index < -0.39 is 5.60 Å². The van der Waals surface area contributed by atoms with E-state index in [1.807, 2.05) is 0 Å². The Hall–Kier alpha value is -1.00. The van der Waals surface area contributed by atoms with E-state index in [4.69, 9.17) is 17.3 Å². The maximum absolute atomic E-state index is 10.5. The topological polar surface area (TPSA) is 71.2 Å². The van der Waals surface area contributed by atoms with E-state index in [1.165, 1.54) is 6.42 Å². The molecule has 0 spiro atoms. The Morgan fingerprint density at radius 1 is 1.67 bits per heavy atom. The molecule has 1 fully saturated rings. The lowest BCUT2D eigenvalue weighted by atomic mass is 9.79. The van der Waals surface area contributed by atoms with Crippen LogP contribution in [0.1, 0.15) is 32.6 Å². The number of hydrogen-bond acceptors (Lipinski definition) is 4. The zero-order valence-electron chi connectivity index (χ0n) is 10.6. The summed E-state index contributed by atoms with van der Waals surface area (Å²) < 4.78 is 0. The van der Waals surface area contributed by atoms with Gasteiger partial charge in [0.05, 0.1) is 22.5 Å². The van der Waals surface area contributed by atoms with Crippen LogP contribution in [0.3, 0.4) is 0 Å². The van der Waals surface area contributed by atoms with Crippen molar-refractivity contribution >= 4 is 23.1 Å². The Bertz CT molecular complexity index is 427. The van der Waals surface area contributed by atoms with Crippen molar-refractivity contribution in [1.82, 2.24) is 4.98 Å². The van der Waals surface area contributed by atoms with Crippen LogP contribution in [-0.2, 0) is 0 Å². The van der Waals surface area contributed by atoms with Gasteiger partial charge < -0.3 is 16.2 Å². The molecule has 1 heterocycles. The van der Waals surface area contributed by atoms with Gasteiger partial charge in [-0.15, -0.1) is 0 Å². The molecule has 4 nitrogen and oxygen atoms in total. The third-order valence-corrected chi connectivity index (χ3v) is 3.80. The number of rotatable bonds is 3. The summed E-state index contributed by atoms with van der Waals surface area (Å²) >= 11 is 6.03. The predicted molar refractivity (Wildman–Crippen MR) is 74.7 cm³/mol. The van der Waals surface area contributed by atoms with E-state index in [0.29, 0.717) is 29.0 Å². The molecule has 0 saturated heterocycles. The number of aromatic nitrogens is 1. The number of nitrogens with one attached hydrogen (secondary N) is 1. The summed E-state index contributed by atoms with van der Waals surface area (Å²) in [6, 6.07) is 1.66. The van der Waals surface area contributed by atoms with Crippen LogP contribution in [0, 0.1) is 5.92 Å². The summed E-state index contributed by atoms with van der Waals surface area (Å²) in [5, 5.41) is 14.1. The molecule has 0 radical (unpaired) electrons. The molecule has 2 rings (SSSR count). The molecule has 0 amide bonds. The minimum atomic E-state index is -0.649. The fraction of sp³-hybridized carbons (Fsp3) is 0.615. The van der Waals surface area contributed by atoms with Crippen molar-refractivity contribution in [3.05, 3.63) is 17.3 Å². The number of anilines is 2. The van der Waals surface area contributed by atoms with Gasteiger partial charge in [-0.25, -0.2) is 4.98 Å². The molecule has 1 aromatic heterocycles. The summed E-state index contributed by atoms with van der Waals surface area (Å²) in [6.45, 7) is 2.66. The van der Waals surface area contributed by atoms with E-state index in [2.05, 4.69) is 17.2 Å². The lowest BCUT2D eigenvalue weighted by Gasteiger charge is -2.35.